The molecule has 0 unspecified atom stereocenters. The Kier molecular flexibility index (Phi) is 7.12. The Morgan fingerprint density at radius 2 is 1.35 bits per heavy atom. The Morgan fingerprint density at radius 3 is 1.75 bits per heavy atom. The van der Waals surface area contributed by atoms with Crippen molar-refractivity contribution in [3.63, 3.8) is 0 Å². The van der Waals surface area contributed by atoms with Crippen molar-refractivity contribution in [1.29, 1.82) is 0 Å². The molecule has 0 spiro atoms. The van der Waals surface area contributed by atoms with Crippen LogP contribution in [-0.4, -0.2) is 0 Å². The van der Waals surface area contributed by atoms with Gasteiger partial charge in [-0.15, -0.1) is 0 Å². The van der Waals surface area contributed by atoms with E-state index in [2.05, 4.69) is 52.0 Å². The van der Waals surface area contributed by atoms with Crippen molar-refractivity contribution in [1.82, 2.24) is 0 Å². The summed E-state index contributed by atoms with van der Waals surface area (Å²) >= 11 is 11.7. The number of hydrogen-bond donors (Lipinski definition) is 0. The highest BCUT2D eigenvalue weighted by molar-refractivity contribution is 6.35. The minimum atomic E-state index is 0.458. The molecule has 0 saturated heterocycles. The molecule has 2 rings (SSSR count). The summed E-state index contributed by atoms with van der Waals surface area (Å²) in [6, 6.07) is 16.1. The van der Waals surface area contributed by atoms with Crippen LogP contribution >= 0.6 is 23.2 Å². The molecule has 0 atom stereocenters. The van der Waals surface area contributed by atoms with Crippen LogP contribution in [-0.2, 0) is 0 Å². The molecule has 0 fully saturated rings. The van der Waals surface area contributed by atoms with E-state index >= 15 is 0 Å². The third-order valence-corrected chi connectivity index (χ3v) is 3.61. The Hall–Kier alpha value is -0.980. The van der Waals surface area contributed by atoms with E-state index in [-0.39, 0.29) is 0 Å². The molecule has 2 heteroatoms. The largest absolute Gasteiger partial charge is 0.0843 e. The third-order valence-electron chi connectivity index (χ3n) is 3.05. The summed E-state index contributed by atoms with van der Waals surface area (Å²) in [4.78, 5) is 0. The molecule has 0 bridgehead atoms. The minimum Gasteiger partial charge on any atom is -0.0843 e. The number of halogens is 2. The SMILES string of the molecule is CC(C)c1ccc(Cl)cc1Cl.CC(C)c1ccccc1. The second kappa shape index (κ2) is 8.34. The standard InChI is InChI=1S/C9H10Cl2.C9H12/c1-6(2)8-4-3-7(10)5-9(8)11;1-8(2)9-6-4-3-5-7-9/h3-6H,1-2H3;3-8H,1-2H3. The Labute approximate surface area is 132 Å². The lowest BCUT2D eigenvalue weighted by Gasteiger charge is -2.06. The average molecular weight is 309 g/mol. The van der Waals surface area contributed by atoms with Crippen molar-refractivity contribution >= 4 is 23.2 Å². The van der Waals surface area contributed by atoms with Gasteiger partial charge in [0.1, 0.15) is 0 Å². The molecular formula is C18H22Cl2. The maximum absolute atomic E-state index is 5.94. The van der Waals surface area contributed by atoms with E-state index in [1.165, 1.54) is 5.56 Å². The smallest absolute Gasteiger partial charge is 0.0455 e. The highest BCUT2D eigenvalue weighted by Gasteiger charge is 2.03. The highest BCUT2D eigenvalue weighted by atomic mass is 35.5. The zero-order valence-electron chi connectivity index (χ0n) is 12.5. The van der Waals surface area contributed by atoms with Gasteiger partial charge in [0.15, 0.2) is 0 Å². The summed E-state index contributed by atoms with van der Waals surface area (Å²) in [7, 11) is 0. The van der Waals surface area contributed by atoms with E-state index in [0.29, 0.717) is 16.9 Å². The van der Waals surface area contributed by atoms with Gasteiger partial charge in [-0.05, 0) is 35.1 Å². The fraction of sp³-hybridized carbons (Fsp3) is 0.333. The van der Waals surface area contributed by atoms with Crippen molar-refractivity contribution in [2.45, 2.75) is 39.5 Å². The van der Waals surface area contributed by atoms with Gasteiger partial charge in [-0.2, -0.15) is 0 Å². The van der Waals surface area contributed by atoms with E-state index in [1.54, 1.807) is 6.07 Å². The molecule has 0 N–H and O–H groups in total. The van der Waals surface area contributed by atoms with Gasteiger partial charge in [-0.25, -0.2) is 0 Å². The quantitative estimate of drug-likeness (QED) is 0.564. The zero-order valence-corrected chi connectivity index (χ0v) is 14.0. The molecule has 0 saturated carbocycles. The first-order valence-electron chi connectivity index (χ1n) is 6.91. The Morgan fingerprint density at radius 1 is 0.750 bits per heavy atom. The van der Waals surface area contributed by atoms with Crippen molar-refractivity contribution in [3.05, 3.63) is 69.7 Å². The first-order valence-corrected chi connectivity index (χ1v) is 7.67. The monoisotopic (exact) mass is 308 g/mol. The van der Waals surface area contributed by atoms with Crippen molar-refractivity contribution < 1.29 is 0 Å². The van der Waals surface area contributed by atoms with Gasteiger partial charge >= 0.3 is 0 Å². The van der Waals surface area contributed by atoms with Gasteiger partial charge in [0, 0.05) is 10.0 Å². The second-order valence-electron chi connectivity index (χ2n) is 5.39. The number of hydrogen-bond acceptors (Lipinski definition) is 0. The molecule has 0 amide bonds. The third kappa shape index (κ3) is 5.56. The summed E-state index contributed by atoms with van der Waals surface area (Å²) in [5, 5.41) is 1.45. The summed E-state index contributed by atoms with van der Waals surface area (Å²) in [5.74, 6) is 1.12. The van der Waals surface area contributed by atoms with Crippen LogP contribution in [0.2, 0.25) is 10.0 Å². The minimum absolute atomic E-state index is 0.458. The normalized spacial score (nSPS) is 10.4. The lowest BCUT2D eigenvalue weighted by atomic mass is 10.0. The predicted octanol–water partition coefficient (Wildman–Crippen LogP) is 6.93. The summed E-state index contributed by atoms with van der Waals surface area (Å²) in [6.45, 7) is 8.62. The fourth-order valence-corrected chi connectivity index (χ4v) is 2.43. The van der Waals surface area contributed by atoms with Crippen molar-refractivity contribution in [2.24, 2.45) is 0 Å². The van der Waals surface area contributed by atoms with Gasteiger partial charge in [0.25, 0.3) is 0 Å². The molecule has 2 aromatic carbocycles. The fourth-order valence-electron chi connectivity index (χ4n) is 1.81. The van der Waals surface area contributed by atoms with E-state index in [9.17, 15) is 0 Å². The molecule has 0 radical (unpaired) electrons. The zero-order chi connectivity index (χ0) is 15.1. The lowest BCUT2D eigenvalue weighted by molar-refractivity contribution is 0.867. The van der Waals surface area contributed by atoms with Gasteiger partial charge in [0.2, 0.25) is 0 Å². The molecule has 0 aliphatic rings. The van der Waals surface area contributed by atoms with Crippen molar-refractivity contribution in [2.75, 3.05) is 0 Å². The van der Waals surface area contributed by atoms with Gasteiger partial charge in [-0.3, -0.25) is 0 Å². The van der Waals surface area contributed by atoms with Crippen LogP contribution in [0.1, 0.15) is 50.7 Å². The molecule has 0 nitrogen and oxygen atoms in total. The first-order chi connectivity index (χ1) is 9.41. The molecule has 2 aromatic rings. The van der Waals surface area contributed by atoms with Gasteiger partial charge < -0.3 is 0 Å². The van der Waals surface area contributed by atoms with E-state index in [4.69, 9.17) is 23.2 Å². The molecule has 108 valence electrons. The summed E-state index contributed by atoms with van der Waals surface area (Å²) in [6.07, 6.45) is 0. The maximum Gasteiger partial charge on any atom is 0.0455 e. The van der Waals surface area contributed by atoms with Crippen LogP contribution in [0.15, 0.2) is 48.5 Å². The summed E-state index contributed by atoms with van der Waals surface area (Å²) < 4.78 is 0. The molecule has 0 aromatic heterocycles. The van der Waals surface area contributed by atoms with E-state index < -0.39 is 0 Å². The molecular weight excluding hydrogens is 287 g/mol. The lowest BCUT2D eigenvalue weighted by Crippen LogP contribution is -1.87. The predicted molar refractivity (Wildman–Crippen MR) is 91.1 cm³/mol. The van der Waals surface area contributed by atoms with Crippen LogP contribution in [0.25, 0.3) is 0 Å². The van der Waals surface area contributed by atoms with Crippen LogP contribution in [0.3, 0.4) is 0 Å². The van der Waals surface area contributed by atoms with E-state index in [1.807, 2.05) is 18.2 Å². The Balaban J connectivity index is 0.000000204. The number of rotatable bonds is 2. The van der Waals surface area contributed by atoms with Crippen molar-refractivity contribution in [3.8, 4) is 0 Å². The molecule has 0 aliphatic heterocycles. The highest BCUT2D eigenvalue weighted by Crippen LogP contribution is 2.26. The number of benzene rings is 2. The van der Waals surface area contributed by atoms with Gasteiger partial charge in [0.05, 0.1) is 0 Å². The van der Waals surface area contributed by atoms with Crippen LogP contribution in [0.4, 0.5) is 0 Å². The topological polar surface area (TPSA) is 0 Å². The average Bonchev–Trinajstić information content (AvgIpc) is 2.40. The molecule has 0 aliphatic carbocycles. The maximum atomic E-state index is 5.94. The van der Waals surface area contributed by atoms with Crippen LogP contribution < -0.4 is 0 Å². The van der Waals surface area contributed by atoms with Crippen LogP contribution in [0, 0.1) is 0 Å². The molecule has 0 heterocycles. The second-order valence-corrected chi connectivity index (χ2v) is 6.23. The first kappa shape index (κ1) is 17.1. The molecule has 20 heavy (non-hydrogen) atoms. The summed E-state index contributed by atoms with van der Waals surface area (Å²) in [5.41, 5.74) is 2.56. The van der Waals surface area contributed by atoms with Gasteiger partial charge in [-0.1, -0.05) is 87.3 Å². The Bertz CT molecular complexity index is 516. The van der Waals surface area contributed by atoms with Crippen LogP contribution in [0.5, 0.6) is 0 Å². The van der Waals surface area contributed by atoms with E-state index in [0.717, 1.165) is 10.6 Å².